The molecule has 1 nitrogen and oxygen atoms in total. The van der Waals surface area contributed by atoms with Crippen molar-refractivity contribution in [3.05, 3.63) is 10.7 Å². The molecular weight excluding hydrogens is 264 g/mol. The number of ether oxygens (including phenoxy) is 1. The van der Waals surface area contributed by atoms with Crippen LogP contribution in [-0.4, -0.2) is 6.10 Å². The normalized spacial score (nSPS) is 41.4. The molecule has 0 aromatic carbocycles. The molecule has 2 heteroatoms. The van der Waals surface area contributed by atoms with Crippen molar-refractivity contribution in [2.75, 3.05) is 0 Å². The lowest BCUT2D eigenvalue weighted by atomic mass is 9.70. The van der Waals surface area contributed by atoms with Crippen LogP contribution in [0.3, 0.4) is 0 Å². The van der Waals surface area contributed by atoms with E-state index >= 15 is 0 Å². The van der Waals surface area contributed by atoms with Crippen LogP contribution in [0.4, 0.5) is 0 Å². The predicted octanol–water partition coefficient (Wildman–Crippen LogP) is 4.86. The van der Waals surface area contributed by atoms with Crippen molar-refractivity contribution in [3.63, 3.8) is 0 Å². The van der Waals surface area contributed by atoms with E-state index in [9.17, 15) is 0 Å². The van der Waals surface area contributed by atoms with E-state index in [-0.39, 0.29) is 0 Å². The van der Waals surface area contributed by atoms with Gasteiger partial charge in [0.05, 0.1) is 0 Å². The quantitative estimate of drug-likeness (QED) is 0.673. The van der Waals surface area contributed by atoms with E-state index in [2.05, 4.69) is 49.7 Å². The monoisotopic (exact) mass is 286 g/mol. The maximum atomic E-state index is 6.10. The van der Waals surface area contributed by atoms with Crippen molar-refractivity contribution in [1.82, 2.24) is 0 Å². The number of rotatable bonds is 3. The van der Waals surface area contributed by atoms with Gasteiger partial charge in [0, 0.05) is 5.41 Å². The van der Waals surface area contributed by atoms with Crippen LogP contribution in [-0.2, 0) is 4.74 Å². The minimum absolute atomic E-state index is 0.359. The van der Waals surface area contributed by atoms with Crippen LogP contribution < -0.4 is 0 Å². The third-order valence-corrected chi connectivity index (χ3v) is 5.84. The van der Waals surface area contributed by atoms with Gasteiger partial charge < -0.3 is 4.74 Å². The molecule has 0 saturated heterocycles. The molecule has 0 spiro atoms. The Hall–Kier alpha value is 0.0200. The van der Waals surface area contributed by atoms with Crippen molar-refractivity contribution >= 4 is 15.9 Å². The Labute approximate surface area is 108 Å². The first-order chi connectivity index (χ1) is 7.41. The minimum Gasteiger partial charge on any atom is -0.483 e. The summed E-state index contributed by atoms with van der Waals surface area (Å²) in [5.74, 6) is 0.851. The van der Waals surface area contributed by atoms with E-state index in [1.807, 2.05) is 0 Å². The van der Waals surface area contributed by atoms with Gasteiger partial charge in [-0.25, -0.2) is 0 Å². The van der Waals surface area contributed by atoms with Gasteiger partial charge in [-0.1, -0.05) is 27.7 Å². The molecule has 2 fully saturated rings. The lowest BCUT2D eigenvalue weighted by Crippen LogP contribution is -2.36. The zero-order valence-corrected chi connectivity index (χ0v) is 12.4. The standard InChI is InChI=1S/C14H23BrO/c1-5-6-12(15)16-11-9-10-7-8-14(11,4)13(10,2)3/h6,10-11H,5,7-9H2,1-4H3/b12-6-/t10-,11+,14+/m0/s1. The van der Waals surface area contributed by atoms with Gasteiger partial charge in [-0.2, -0.15) is 0 Å². The Morgan fingerprint density at radius 1 is 1.44 bits per heavy atom. The molecule has 0 aromatic heterocycles. The smallest absolute Gasteiger partial charge is 0.158 e. The Morgan fingerprint density at radius 2 is 2.12 bits per heavy atom. The van der Waals surface area contributed by atoms with Gasteiger partial charge in [0.2, 0.25) is 0 Å². The third-order valence-electron chi connectivity index (χ3n) is 5.33. The van der Waals surface area contributed by atoms with Gasteiger partial charge in [-0.05, 0) is 59.0 Å². The van der Waals surface area contributed by atoms with Crippen LogP contribution in [0, 0.1) is 16.7 Å². The molecule has 0 unspecified atom stereocenters. The van der Waals surface area contributed by atoms with Crippen molar-refractivity contribution in [2.24, 2.45) is 16.7 Å². The lowest BCUT2D eigenvalue weighted by molar-refractivity contribution is -0.00206. The van der Waals surface area contributed by atoms with Gasteiger partial charge in [0.15, 0.2) is 4.67 Å². The Bertz CT molecular complexity index is 308. The van der Waals surface area contributed by atoms with E-state index < -0.39 is 0 Å². The molecule has 2 aliphatic carbocycles. The van der Waals surface area contributed by atoms with Crippen LogP contribution in [0.5, 0.6) is 0 Å². The van der Waals surface area contributed by atoms with E-state index in [1.54, 1.807) is 0 Å². The maximum absolute atomic E-state index is 6.10. The molecule has 92 valence electrons. The molecule has 0 heterocycles. The van der Waals surface area contributed by atoms with Gasteiger partial charge in [-0.3, -0.25) is 0 Å². The van der Waals surface area contributed by atoms with Gasteiger partial charge >= 0.3 is 0 Å². The molecule has 2 saturated carbocycles. The minimum atomic E-state index is 0.359. The molecule has 2 aliphatic rings. The molecule has 2 rings (SSSR count). The summed E-state index contributed by atoms with van der Waals surface area (Å²) in [4.78, 5) is 0. The fourth-order valence-electron chi connectivity index (χ4n) is 3.65. The first-order valence-corrected chi connectivity index (χ1v) is 7.23. The second-order valence-corrected chi connectivity index (χ2v) is 6.92. The topological polar surface area (TPSA) is 9.23 Å². The summed E-state index contributed by atoms with van der Waals surface area (Å²) in [6, 6.07) is 0. The SMILES string of the molecule is CC/C=C(/Br)O[C@@H]1C[C@@H]2CC[C@@]1(C)C2(C)C. The Balaban J connectivity index is 2.13. The highest BCUT2D eigenvalue weighted by molar-refractivity contribution is 9.11. The summed E-state index contributed by atoms with van der Waals surface area (Å²) in [6.07, 6.45) is 7.48. The van der Waals surface area contributed by atoms with Crippen LogP contribution in [0.25, 0.3) is 0 Å². The maximum Gasteiger partial charge on any atom is 0.158 e. The van der Waals surface area contributed by atoms with Crippen molar-refractivity contribution in [1.29, 1.82) is 0 Å². The summed E-state index contributed by atoms with van der Waals surface area (Å²) in [7, 11) is 0. The lowest BCUT2D eigenvalue weighted by Gasteiger charge is -2.38. The Morgan fingerprint density at radius 3 is 2.56 bits per heavy atom. The second kappa shape index (κ2) is 4.04. The highest BCUT2D eigenvalue weighted by atomic mass is 79.9. The van der Waals surface area contributed by atoms with Gasteiger partial charge in [-0.15, -0.1) is 0 Å². The molecule has 0 aliphatic heterocycles. The van der Waals surface area contributed by atoms with E-state index in [0.717, 1.165) is 17.0 Å². The van der Waals surface area contributed by atoms with Crippen LogP contribution >= 0.6 is 15.9 Å². The van der Waals surface area contributed by atoms with E-state index in [4.69, 9.17) is 4.74 Å². The van der Waals surface area contributed by atoms with Crippen LogP contribution in [0.1, 0.15) is 53.4 Å². The van der Waals surface area contributed by atoms with Gasteiger partial charge in [0.1, 0.15) is 6.10 Å². The molecule has 0 radical (unpaired) electrons. The molecule has 0 aromatic rings. The number of halogens is 1. The predicted molar refractivity (Wildman–Crippen MR) is 71.4 cm³/mol. The molecule has 3 atom stereocenters. The summed E-state index contributed by atoms with van der Waals surface area (Å²) < 4.78 is 7.04. The zero-order chi connectivity index (χ0) is 12.0. The highest BCUT2D eigenvalue weighted by Gasteiger charge is 2.62. The van der Waals surface area contributed by atoms with Crippen molar-refractivity contribution in [2.45, 2.75) is 59.5 Å². The first kappa shape index (κ1) is 12.5. The number of allylic oxidation sites excluding steroid dienone is 1. The summed E-state index contributed by atoms with van der Waals surface area (Å²) in [5, 5.41) is 0. The Kier molecular flexibility index (Phi) is 3.15. The number of hydrogen-bond acceptors (Lipinski definition) is 1. The summed E-state index contributed by atoms with van der Waals surface area (Å²) in [5.41, 5.74) is 0.801. The fourth-order valence-corrected chi connectivity index (χ4v) is 4.20. The molecule has 16 heavy (non-hydrogen) atoms. The summed E-state index contributed by atoms with van der Waals surface area (Å²) in [6.45, 7) is 9.39. The average Bonchev–Trinajstić information content (AvgIpc) is 2.51. The first-order valence-electron chi connectivity index (χ1n) is 6.44. The number of hydrogen-bond donors (Lipinski definition) is 0. The second-order valence-electron chi connectivity index (χ2n) is 6.13. The van der Waals surface area contributed by atoms with Gasteiger partial charge in [0.25, 0.3) is 0 Å². The average molecular weight is 287 g/mol. The number of fused-ring (bicyclic) bond motifs is 2. The van der Waals surface area contributed by atoms with Crippen molar-refractivity contribution < 1.29 is 4.74 Å². The highest BCUT2D eigenvalue weighted by Crippen LogP contribution is 2.66. The largest absolute Gasteiger partial charge is 0.483 e. The zero-order valence-electron chi connectivity index (χ0n) is 10.8. The molecule has 2 bridgehead atoms. The van der Waals surface area contributed by atoms with E-state index in [1.165, 1.54) is 19.3 Å². The van der Waals surface area contributed by atoms with Crippen LogP contribution in [0.15, 0.2) is 10.7 Å². The molecular formula is C14H23BrO. The fraction of sp³-hybridized carbons (Fsp3) is 0.857. The third kappa shape index (κ3) is 1.64. The van der Waals surface area contributed by atoms with Crippen LogP contribution in [0.2, 0.25) is 0 Å². The molecule has 0 N–H and O–H groups in total. The van der Waals surface area contributed by atoms with E-state index in [0.29, 0.717) is 16.9 Å². The molecule has 0 amide bonds. The van der Waals surface area contributed by atoms with Crippen molar-refractivity contribution in [3.8, 4) is 0 Å². The summed E-state index contributed by atoms with van der Waals surface area (Å²) >= 11 is 3.52.